The summed E-state index contributed by atoms with van der Waals surface area (Å²) >= 11 is 1.37. The molecule has 0 radical (unpaired) electrons. The normalized spacial score (nSPS) is 11.1. The number of hydrogen-bond acceptors (Lipinski definition) is 7. The Morgan fingerprint density at radius 3 is 2.40 bits per heavy atom. The van der Waals surface area contributed by atoms with Crippen molar-refractivity contribution in [2.75, 3.05) is 28.6 Å². The molecule has 0 aliphatic carbocycles. The lowest BCUT2D eigenvalue weighted by atomic mass is 9.98. The number of anilines is 3. The first kappa shape index (κ1) is 24.3. The molecule has 2 heterocycles. The Bertz CT molecular complexity index is 1230. The zero-order valence-corrected chi connectivity index (χ0v) is 21.1. The lowest BCUT2D eigenvalue weighted by Gasteiger charge is -2.30. The number of nitrogens with zero attached hydrogens (tertiary/aromatic N) is 5. The third-order valence-corrected chi connectivity index (χ3v) is 5.94. The molecule has 0 saturated heterocycles. The molecule has 0 bridgehead atoms. The highest BCUT2D eigenvalue weighted by atomic mass is 32.1. The Kier molecular flexibility index (Phi) is 7.71. The minimum absolute atomic E-state index is 0.333. The lowest BCUT2D eigenvalue weighted by molar-refractivity contribution is 0.262. The molecule has 0 saturated carbocycles. The smallest absolute Gasteiger partial charge is 0.325 e. The molecule has 0 fully saturated rings. The monoisotopic (exact) mass is 490 g/mol. The number of thiazole rings is 1. The average molecular weight is 491 g/mol. The highest BCUT2D eigenvalue weighted by molar-refractivity contribution is 7.13. The summed E-state index contributed by atoms with van der Waals surface area (Å²) in [6, 6.07) is 13.7. The topological polar surface area (TPSA) is 112 Å². The van der Waals surface area contributed by atoms with Gasteiger partial charge in [-0.1, -0.05) is 58.0 Å². The van der Waals surface area contributed by atoms with Crippen LogP contribution in [0.4, 0.5) is 21.3 Å². The molecule has 0 spiro atoms. The van der Waals surface area contributed by atoms with Crippen LogP contribution in [0.5, 0.6) is 0 Å². The van der Waals surface area contributed by atoms with Crippen molar-refractivity contribution >= 4 is 33.9 Å². The quantitative estimate of drug-likeness (QED) is 0.275. The lowest BCUT2D eigenvalue weighted by Crippen LogP contribution is -2.32. The van der Waals surface area contributed by atoms with Crippen LogP contribution in [-0.4, -0.2) is 44.7 Å². The second kappa shape index (κ2) is 11.1. The van der Waals surface area contributed by atoms with Gasteiger partial charge in [-0.25, -0.2) is 14.9 Å². The molecule has 2 amide bonds. The van der Waals surface area contributed by atoms with Crippen LogP contribution in [0, 0.1) is 11.8 Å². The standard InChI is InChI=1S/C25H30N8OS/c1-16(2)14-33(15-17(3)4)22-10-9-18(13-21(22)27-24(34)28-25-26-11-12-35-25)19-7-5-6-8-20(19)23-29-31-32-30-23/h5-13,16-17H,14-15H2,1-4H3,(H2,26,27,28,34)(H,29,30,31,32). The zero-order chi connectivity index (χ0) is 24.8. The van der Waals surface area contributed by atoms with Gasteiger partial charge in [-0.2, -0.15) is 0 Å². The molecule has 0 aliphatic heterocycles. The van der Waals surface area contributed by atoms with Crippen molar-refractivity contribution in [2.24, 2.45) is 11.8 Å². The van der Waals surface area contributed by atoms with E-state index >= 15 is 0 Å². The highest BCUT2D eigenvalue weighted by Gasteiger charge is 2.19. The summed E-state index contributed by atoms with van der Waals surface area (Å²) in [6.45, 7) is 10.6. The third kappa shape index (κ3) is 6.21. The molecule has 4 rings (SSSR count). The van der Waals surface area contributed by atoms with Gasteiger partial charge in [0.05, 0.1) is 11.4 Å². The fourth-order valence-corrected chi connectivity index (χ4v) is 4.51. The molecule has 0 aliphatic rings. The number of carbonyl (C=O) groups is 1. The van der Waals surface area contributed by atoms with Crippen molar-refractivity contribution in [2.45, 2.75) is 27.7 Å². The number of aromatic amines is 1. The molecule has 4 aromatic rings. The van der Waals surface area contributed by atoms with Crippen molar-refractivity contribution in [3.05, 3.63) is 54.0 Å². The molecular weight excluding hydrogens is 460 g/mol. The summed E-state index contributed by atoms with van der Waals surface area (Å²) < 4.78 is 0. The van der Waals surface area contributed by atoms with Gasteiger partial charge >= 0.3 is 6.03 Å². The number of H-pyrrole nitrogens is 1. The highest BCUT2D eigenvalue weighted by Crippen LogP contribution is 2.36. The van der Waals surface area contributed by atoms with E-state index in [4.69, 9.17) is 0 Å². The number of rotatable bonds is 9. The van der Waals surface area contributed by atoms with Crippen LogP contribution in [0.15, 0.2) is 54.0 Å². The van der Waals surface area contributed by atoms with E-state index in [9.17, 15) is 4.79 Å². The van der Waals surface area contributed by atoms with Crippen molar-refractivity contribution in [3.8, 4) is 22.5 Å². The Labute approximate surface area is 209 Å². The van der Waals surface area contributed by atoms with Gasteiger partial charge in [0.2, 0.25) is 0 Å². The summed E-state index contributed by atoms with van der Waals surface area (Å²) in [5, 5.41) is 22.6. The maximum absolute atomic E-state index is 12.9. The van der Waals surface area contributed by atoms with Gasteiger partial charge in [0.15, 0.2) is 11.0 Å². The fraction of sp³-hybridized carbons (Fsp3) is 0.320. The Hall–Kier alpha value is -3.79. The maximum atomic E-state index is 12.9. The van der Waals surface area contributed by atoms with E-state index in [0.29, 0.717) is 22.8 Å². The SMILES string of the molecule is CC(C)CN(CC(C)C)c1ccc(-c2ccccc2-c2nnn[nH]2)cc1NC(=O)Nc1nccs1. The van der Waals surface area contributed by atoms with Crippen molar-refractivity contribution in [1.82, 2.24) is 25.6 Å². The average Bonchev–Trinajstić information content (AvgIpc) is 3.52. The first-order valence-electron chi connectivity index (χ1n) is 11.6. The summed E-state index contributed by atoms with van der Waals surface area (Å²) in [5.74, 6) is 1.51. The number of hydrogen-bond donors (Lipinski definition) is 3. The van der Waals surface area contributed by atoms with Gasteiger partial charge in [0.1, 0.15) is 0 Å². The number of carbonyl (C=O) groups excluding carboxylic acids is 1. The number of urea groups is 1. The molecule has 10 heteroatoms. The van der Waals surface area contributed by atoms with Crippen LogP contribution in [0.1, 0.15) is 27.7 Å². The van der Waals surface area contributed by atoms with Crippen LogP contribution in [-0.2, 0) is 0 Å². The number of aromatic nitrogens is 5. The summed E-state index contributed by atoms with van der Waals surface area (Å²) in [4.78, 5) is 19.4. The second-order valence-electron chi connectivity index (χ2n) is 9.14. The summed E-state index contributed by atoms with van der Waals surface area (Å²) in [6.07, 6.45) is 1.66. The minimum Gasteiger partial charge on any atom is -0.369 e. The maximum Gasteiger partial charge on any atom is 0.325 e. The van der Waals surface area contributed by atoms with E-state index in [1.807, 2.05) is 35.7 Å². The van der Waals surface area contributed by atoms with Crippen molar-refractivity contribution < 1.29 is 4.79 Å². The van der Waals surface area contributed by atoms with Gasteiger partial charge in [-0.05, 0) is 45.5 Å². The van der Waals surface area contributed by atoms with Crippen LogP contribution in [0.3, 0.4) is 0 Å². The first-order chi connectivity index (χ1) is 16.9. The molecular formula is C25H30N8OS. The van der Waals surface area contributed by atoms with E-state index in [1.165, 1.54) is 11.3 Å². The first-order valence-corrected chi connectivity index (χ1v) is 12.5. The van der Waals surface area contributed by atoms with E-state index in [2.05, 4.69) is 81.0 Å². The Morgan fingerprint density at radius 1 is 1.03 bits per heavy atom. The Balaban J connectivity index is 1.75. The van der Waals surface area contributed by atoms with E-state index < -0.39 is 0 Å². The number of tetrazole rings is 1. The van der Waals surface area contributed by atoms with Gasteiger partial charge < -0.3 is 10.2 Å². The molecule has 35 heavy (non-hydrogen) atoms. The summed E-state index contributed by atoms with van der Waals surface area (Å²) in [5.41, 5.74) is 4.48. The summed E-state index contributed by atoms with van der Waals surface area (Å²) in [7, 11) is 0. The van der Waals surface area contributed by atoms with Crippen LogP contribution in [0.2, 0.25) is 0 Å². The predicted octanol–water partition coefficient (Wildman–Crippen LogP) is 5.75. The molecule has 0 unspecified atom stereocenters. The van der Waals surface area contributed by atoms with Gasteiger partial charge in [-0.15, -0.1) is 16.4 Å². The number of nitrogens with one attached hydrogen (secondary N) is 3. The zero-order valence-electron chi connectivity index (χ0n) is 20.3. The fourth-order valence-electron chi connectivity index (χ4n) is 3.98. The van der Waals surface area contributed by atoms with Crippen molar-refractivity contribution in [1.29, 1.82) is 0 Å². The molecule has 3 N–H and O–H groups in total. The molecule has 0 atom stereocenters. The minimum atomic E-state index is -0.333. The number of amides is 2. The van der Waals surface area contributed by atoms with Gasteiger partial charge in [0, 0.05) is 30.2 Å². The Morgan fingerprint density at radius 2 is 1.77 bits per heavy atom. The third-order valence-electron chi connectivity index (χ3n) is 5.25. The van der Waals surface area contributed by atoms with Crippen LogP contribution < -0.4 is 15.5 Å². The van der Waals surface area contributed by atoms with Crippen molar-refractivity contribution in [3.63, 3.8) is 0 Å². The molecule has 9 nitrogen and oxygen atoms in total. The molecule has 2 aromatic heterocycles. The predicted molar refractivity (Wildman–Crippen MR) is 142 cm³/mol. The van der Waals surface area contributed by atoms with Crippen LogP contribution in [0.25, 0.3) is 22.5 Å². The molecule has 182 valence electrons. The number of benzene rings is 2. The largest absolute Gasteiger partial charge is 0.369 e. The van der Waals surface area contributed by atoms with Gasteiger partial charge in [-0.3, -0.25) is 5.32 Å². The van der Waals surface area contributed by atoms with Crippen LogP contribution >= 0.6 is 11.3 Å². The van der Waals surface area contributed by atoms with E-state index in [0.717, 1.165) is 41.2 Å². The second-order valence-corrected chi connectivity index (χ2v) is 10.0. The van der Waals surface area contributed by atoms with Gasteiger partial charge in [0.25, 0.3) is 0 Å². The molecule has 2 aromatic carbocycles. The van der Waals surface area contributed by atoms with E-state index in [1.54, 1.807) is 6.20 Å². The van der Waals surface area contributed by atoms with E-state index in [-0.39, 0.29) is 6.03 Å².